The van der Waals surface area contributed by atoms with Crippen molar-refractivity contribution in [3.8, 4) is 0 Å². The average Bonchev–Trinajstić information content (AvgIpc) is 3.17. The molecule has 8 nitrogen and oxygen atoms in total. The van der Waals surface area contributed by atoms with Crippen molar-refractivity contribution in [2.45, 2.75) is 66.0 Å². The molecule has 0 radical (unpaired) electrons. The third-order valence-corrected chi connectivity index (χ3v) is 5.30. The molecule has 0 amide bonds. The summed E-state index contributed by atoms with van der Waals surface area (Å²) in [5, 5.41) is 7.20. The predicted molar refractivity (Wildman–Crippen MR) is 105 cm³/mol. The van der Waals surface area contributed by atoms with Gasteiger partial charge in [0.15, 0.2) is 11.6 Å². The van der Waals surface area contributed by atoms with Crippen LogP contribution in [-0.2, 0) is 36.9 Å². The molecule has 0 saturated carbocycles. The molecule has 4 unspecified atom stereocenters. The Morgan fingerprint density at radius 2 is 1.39 bits per heavy atom. The molecule has 0 aromatic carbocycles. The normalized spacial score (nSPS) is 26.1. The number of aromatic amines is 1. The fraction of sp³-hybridized carbons (Fsp3) is 0.900. The number of rotatable bonds is 4. The van der Waals surface area contributed by atoms with E-state index >= 15 is 0 Å². The minimum absolute atomic E-state index is 0.000186. The van der Waals surface area contributed by atoms with E-state index in [0.717, 1.165) is 12.8 Å². The second kappa shape index (κ2) is 13.2. The van der Waals surface area contributed by atoms with E-state index in [1.165, 1.54) is 0 Å². The van der Waals surface area contributed by atoms with Crippen LogP contribution in [0.25, 0.3) is 0 Å². The van der Waals surface area contributed by atoms with Crippen LogP contribution in [0.2, 0.25) is 0 Å². The molecule has 1 aromatic rings. The standard InChI is InChI=1S/C20H37N3O5/c1-5-15(3)17-11-25-9-7-24-8-10-26-12-18(16(4)6-2)28-14-20-21-19(13-27-17)22-23-20/h15-18H,5-14H2,1-4H3,(H,21,22,23). The number of nitrogens with zero attached hydrogens (tertiary/aromatic N) is 2. The van der Waals surface area contributed by atoms with Crippen molar-refractivity contribution in [1.29, 1.82) is 0 Å². The summed E-state index contributed by atoms with van der Waals surface area (Å²) in [6, 6.07) is 0. The van der Waals surface area contributed by atoms with Gasteiger partial charge in [-0.15, -0.1) is 0 Å². The van der Waals surface area contributed by atoms with Crippen LogP contribution in [0.5, 0.6) is 0 Å². The monoisotopic (exact) mass is 399 g/mol. The van der Waals surface area contributed by atoms with E-state index < -0.39 is 0 Å². The van der Waals surface area contributed by atoms with Crippen LogP contribution in [0.15, 0.2) is 0 Å². The zero-order valence-corrected chi connectivity index (χ0v) is 17.8. The zero-order valence-electron chi connectivity index (χ0n) is 17.8. The lowest BCUT2D eigenvalue weighted by molar-refractivity contribution is -0.0743. The maximum atomic E-state index is 6.05. The minimum atomic E-state index is 0.000186. The fourth-order valence-electron chi connectivity index (χ4n) is 2.85. The number of ether oxygens (including phenoxy) is 5. The number of fused-ring (bicyclic) bond motifs is 2. The van der Waals surface area contributed by atoms with Crippen LogP contribution in [0.4, 0.5) is 0 Å². The van der Waals surface area contributed by atoms with Crippen LogP contribution in [-0.4, -0.2) is 67.0 Å². The van der Waals surface area contributed by atoms with E-state index in [9.17, 15) is 0 Å². The highest BCUT2D eigenvalue weighted by Crippen LogP contribution is 2.15. The summed E-state index contributed by atoms with van der Waals surface area (Å²) in [5.74, 6) is 2.11. The summed E-state index contributed by atoms with van der Waals surface area (Å²) in [4.78, 5) is 4.49. The van der Waals surface area contributed by atoms with Crippen LogP contribution >= 0.6 is 0 Å². The third-order valence-electron chi connectivity index (χ3n) is 5.30. The summed E-state index contributed by atoms with van der Waals surface area (Å²) >= 11 is 0. The first-order valence-corrected chi connectivity index (χ1v) is 10.5. The molecule has 1 aromatic heterocycles. The molecule has 1 N–H and O–H groups in total. The maximum Gasteiger partial charge on any atom is 0.176 e. The molecule has 0 aliphatic carbocycles. The molecule has 1 aliphatic rings. The number of nitrogens with one attached hydrogen (secondary N) is 1. The number of hydrogen-bond acceptors (Lipinski definition) is 7. The highest BCUT2D eigenvalue weighted by Gasteiger charge is 2.20. The highest BCUT2D eigenvalue weighted by atomic mass is 16.6. The molecule has 28 heavy (non-hydrogen) atoms. The van der Waals surface area contributed by atoms with Gasteiger partial charge in [-0.2, -0.15) is 5.10 Å². The Balaban J connectivity index is 1.98. The topological polar surface area (TPSA) is 87.7 Å². The first kappa shape index (κ1) is 23.2. The van der Waals surface area contributed by atoms with E-state index in [2.05, 4.69) is 42.9 Å². The molecule has 0 fully saturated rings. The van der Waals surface area contributed by atoms with Gasteiger partial charge in [0.25, 0.3) is 0 Å². The van der Waals surface area contributed by atoms with Crippen LogP contribution in [0.3, 0.4) is 0 Å². The van der Waals surface area contributed by atoms with Crippen molar-refractivity contribution in [1.82, 2.24) is 15.2 Å². The molecular weight excluding hydrogens is 362 g/mol. The van der Waals surface area contributed by atoms with E-state index in [0.29, 0.717) is 76.3 Å². The summed E-state index contributed by atoms with van der Waals surface area (Å²) in [5.41, 5.74) is 0. The van der Waals surface area contributed by atoms with Gasteiger partial charge in [-0.1, -0.05) is 40.5 Å². The zero-order chi connectivity index (χ0) is 20.2. The highest BCUT2D eigenvalue weighted by molar-refractivity contribution is 4.88. The van der Waals surface area contributed by atoms with Gasteiger partial charge >= 0.3 is 0 Å². The summed E-state index contributed by atoms with van der Waals surface area (Å²) in [6.07, 6.45) is 2.05. The predicted octanol–water partition coefficient (Wildman–Crippen LogP) is 2.73. The SMILES string of the molecule is CCC(C)C1COCCOCCOCC(C(C)CC)OCc2nc(n[nH]2)CO1. The summed E-state index contributed by atoms with van der Waals surface area (Å²) in [6.45, 7) is 12.6. The minimum Gasteiger partial charge on any atom is -0.377 e. The van der Waals surface area contributed by atoms with Crippen molar-refractivity contribution >= 4 is 0 Å². The Kier molecular flexibility index (Phi) is 11.0. The first-order chi connectivity index (χ1) is 13.6. The lowest BCUT2D eigenvalue weighted by Gasteiger charge is -2.23. The van der Waals surface area contributed by atoms with E-state index in [1.54, 1.807) is 0 Å². The third kappa shape index (κ3) is 8.13. The van der Waals surface area contributed by atoms with Gasteiger partial charge in [0.05, 0.1) is 51.8 Å². The Hall–Kier alpha value is -1.06. The molecule has 2 bridgehead atoms. The number of H-pyrrole nitrogens is 1. The van der Waals surface area contributed by atoms with E-state index in [1.807, 2.05) is 0 Å². The van der Waals surface area contributed by atoms with Gasteiger partial charge in [0, 0.05) is 0 Å². The molecule has 2 heterocycles. The Labute approximate surface area is 168 Å². The van der Waals surface area contributed by atoms with Crippen molar-refractivity contribution in [2.75, 3.05) is 39.6 Å². The second-order valence-corrected chi connectivity index (χ2v) is 7.43. The molecule has 162 valence electrons. The molecule has 4 atom stereocenters. The maximum absolute atomic E-state index is 6.05. The van der Waals surface area contributed by atoms with E-state index in [-0.39, 0.29) is 12.2 Å². The fourth-order valence-corrected chi connectivity index (χ4v) is 2.85. The van der Waals surface area contributed by atoms with Gasteiger partial charge in [-0.25, -0.2) is 4.98 Å². The summed E-state index contributed by atoms with van der Waals surface area (Å²) in [7, 11) is 0. The van der Waals surface area contributed by atoms with Crippen LogP contribution in [0.1, 0.15) is 52.2 Å². The Bertz CT molecular complexity index is 485. The number of aromatic nitrogens is 3. The number of hydrogen-bond donors (Lipinski definition) is 1. The molecule has 0 saturated heterocycles. The Morgan fingerprint density at radius 3 is 1.96 bits per heavy atom. The summed E-state index contributed by atoms with van der Waals surface area (Å²) < 4.78 is 29.2. The average molecular weight is 400 g/mol. The van der Waals surface area contributed by atoms with Gasteiger partial charge in [0.2, 0.25) is 0 Å². The van der Waals surface area contributed by atoms with Crippen molar-refractivity contribution in [3.63, 3.8) is 0 Å². The van der Waals surface area contributed by atoms with Crippen molar-refractivity contribution in [2.24, 2.45) is 11.8 Å². The largest absolute Gasteiger partial charge is 0.377 e. The van der Waals surface area contributed by atoms with Gasteiger partial charge in [-0.3, -0.25) is 5.10 Å². The second-order valence-electron chi connectivity index (χ2n) is 7.43. The van der Waals surface area contributed by atoms with Crippen molar-refractivity contribution < 1.29 is 23.7 Å². The Morgan fingerprint density at radius 1 is 0.857 bits per heavy atom. The molecule has 0 spiro atoms. The van der Waals surface area contributed by atoms with E-state index in [4.69, 9.17) is 23.7 Å². The smallest absolute Gasteiger partial charge is 0.176 e. The first-order valence-electron chi connectivity index (χ1n) is 10.5. The van der Waals surface area contributed by atoms with Gasteiger partial charge < -0.3 is 23.7 Å². The van der Waals surface area contributed by atoms with Crippen LogP contribution < -0.4 is 0 Å². The molecule has 1 aliphatic heterocycles. The lowest BCUT2D eigenvalue weighted by Crippen LogP contribution is -2.29. The molecular formula is C20H37N3O5. The van der Waals surface area contributed by atoms with Gasteiger partial charge in [-0.05, 0) is 11.8 Å². The molecule has 8 heteroatoms. The quantitative estimate of drug-likeness (QED) is 0.833. The lowest BCUT2D eigenvalue weighted by atomic mass is 10.0. The molecule has 2 rings (SSSR count). The van der Waals surface area contributed by atoms with Crippen molar-refractivity contribution in [3.05, 3.63) is 11.6 Å². The van der Waals surface area contributed by atoms with Crippen LogP contribution in [0, 0.1) is 11.8 Å². The van der Waals surface area contributed by atoms with Gasteiger partial charge in [0.1, 0.15) is 13.2 Å².